The monoisotopic (exact) mass is 447 g/mol. The van der Waals surface area contributed by atoms with Gasteiger partial charge in [-0.2, -0.15) is 0 Å². The molecule has 0 radical (unpaired) electrons. The summed E-state index contributed by atoms with van der Waals surface area (Å²) in [4.78, 5) is 21.6. The number of halogens is 1. The molecule has 1 spiro atoms. The number of aliphatic hydroxyl groups is 1. The average Bonchev–Trinajstić information content (AvgIpc) is 3.41. The third kappa shape index (κ3) is 4.82. The zero-order chi connectivity index (χ0) is 21.8. The molecule has 1 aromatic carbocycles. The second-order valence-electron chi connectivity index (χ2n) is 8.41. The van der Waals surface area contributed by atoms with Crippen molar-refractivity contribution in [2.45, 2.75) is 38.4 Å². The lowest BCUT2D eigenvalue weighted by atomic mass is 9.83. The van der Waals surface area contributed by atoms with Crippen LogP contribution in [0.15, 0.2) is 29.1 Å². The van der Waals surface area contributed by atoms with E-state index in [2.05, 4.69) is 9.88 Å². The largest absolute Gasteiger partial charge is 0.395 e. The Morgan fingerprint density at radius 1 is 1.42 bits per heavy atom. The van der Waals surface area contributed by atoms with Crippen LogP contribution in [-0.4, -0.2) is 65.1 Å². The molecule has 6 nitrogen and oxygen atoms in total. The number of hydrogen-bond acceptors (Lipinski definition) is 6. The number of aliphatic hydroxyl groups excluding tert-OH is 1. The Bertz CT molecular complexity index is 884. The highest BCUT2D eigenvalue weighted by molar-refractivity contribution is 7.07. The van der Waals surface area contributed by atoms with Gasteiger partial charge < -0.3 is 19.6 Å². The van der Waals surface area contributed by atoms with Crippen LogP contribution in [0.5, 0.6) is 0 Å². The number of likely N-dealkylation sites (tertiary alicyclic amines) is 1. The van der Waals surface area contributed by atoms with E-state index in [-0.39, 0.29) is 24.2 Å². The molecule has 4 rings (SSSR count). The Kier molecular flexibility index (Phi) is 7.01. The predicted molar refractivity (Wildman–Crippen MR) is 117 cm³/mol. The molecule has 31 heavy (non-hydrogen) atoms. The van der Waals surface area contributed by atoms with Crippen LogP contribution in [0.3, 0.4) is 0 Å². The van der Waals surface area contributed by atoms with Crippen LogP contribution in [0.2, 0.25) is 0 Å². The minimum atomic E-state index is -0.408. The summed E-state index contributed by atoms with van der Waals surface area (Å²) in [5.74, 6) is -0.366. The average molecular weight is 448 g/mol. The van der Waals surface area contributed by atoms with Gasteiger partial charge in [-0.25, -0.2) is 9.37 Å². The lowest BCUT2D eigenvalue weighted by Gasteiger charge is -2.40. The molecular formula is C23H30FN3O3S. The summed E-state index contributed by atoms with van der Waals surface area (Å²) >= 11 is 1.53. The number of aromatic nitrogens is 1. The molecule has 8 heteroatoms. The maximum absolute atomic E-state index is 13.9. The molecule has 1 aromatic heterocycles. The summed E-state index contributed by atoms with van der Waals surface area (Å²) in [6.45, 7) is 5.59. The topological polar surface area (TPSA) is 65.9 Å². The van der Waals surface area contributed by atoms with Crippen molar-refractivity contribution in [3.63, 3.8) is 0 Å². The van der Waals surface area contributed by atoms with E-state index in [1.54, 1.807) is 16.5 Å². The first-order chi connectivity index (χ1) is 15.0. The molecule has 0 saturated carbocycles. The van der Waals surface area contributed by atoms with Crippen molar-refractivity contribution in [1.29, 1.82) is 0 Å². The van der Waals surface area contributed by atoms with Crippen LogP contribution in [0.25, 0.3) is 0 Å². The van der Waals surface area contributed by atoms with E-state index >= 15 is 0 Å². The third-order valence-electron chi connectivity index (χ3n) is 6.56. The molecule has 2 aliphatic rings. The fraction of sp³-hybridized carbons (Fsp3) is 0.565. The number of ether oxygens (including phenoxy) is 1. The molecule has 2 aliphatic heterocycles. The number of piperidine rings is 1. The maximum Gasteiger partial charge on any atom is 0.227 e. The minimum absolute atomic E-state index is 0.0391. The number of fused-ring (bicyclic) bond motifs is 2. The summed E-state index contributed by atoms with van der Waals surface area (Å²) in [6, 6.07) is 4.95. The molecule has 3 heterocycles. The SMILES string of the molecule is CCN(CCO)C(=O)C(Cc1cscn1)CN1CCC2(CC1)OCc1ccc(F)cc12. The zero-order valence-corrected chi connectivity index (χ0v) is 18.7. The number of hydrogen-bond donors (Lipinski definition) is 1. The van der Waals surface area contributed by atoms with E-state index in [1.807, 2.05) is 18.4 Å². The van der Waals surface area contributed by atoms with Crippen LogP contribution in [-0.2, 0) is 28.2 Å². The first kappa shape index (κ1) is 22.3. The van der Waals surface area contributed by atoms with Crippen LogP contribution >= 0.6 is 11.3 Å². The predicted octanol–water partition coefficient (Wildman–Crippen LogP) is 2.80. The Hall–Kier alpha value is -1.87. The van der Waals surface area contributed by atoms with Crippen LogP contribution < -0.4 is 0 Å². The van der Waals surface area contributed by atoms with Gasteiger partial charge in [0.2, 0.25) is 5.91 Å². The highest BCUT2D eigenvalue weighted by Gasteiger charge is 2.43. The van der Waals surface area contributed by atoms with Crippen LogP contribution in [0.1, 0.15) is 36.6 Å². The second-order valence-corrected chi connectivity index (χ2v) is 9.13. The molecule has 1 amide bonds. The number of carbonyl (C=O) groups is 1. The Morgan fingerprint density at radius 2 is 2.23 bits per heavy atom. The molecule has 0 aliphatic carbocycles. The molecule has 2 aromatic rings. The van der Waals surface area contributed by atoms with Gasteiger partial charge in [0.15, 0.2) is 0 Å². The Balaban J connectivity index is 1.44. The van der Waals surface area contributed by atoms with Gasteiger partial charge in [0.25, 0.3) is 0 Å². The smallest absolute Gasteiger partial charge is 0.227 e. The number of amides is 1. The van der Waals surface area contributed by atoms with Crippen molar-refractivity contribution in [1.82, 2.24) is 14.8 Å². The number of rotatable bonds is 8. The van der Waals surface area contributed by atoms with E-state index in [0.29, 0.717) is 32.7 Å². The van der Waals surface area contributed by atoms with Crippen molar-refractivity contribution >= 4 is 17.2 Å². The summed E-state index contributed by atoms with van der Waals surface area (Å²) in [7, 11) is 0. The lowest BCUT2D eigenvalue weighted by Crippen LogP contribution is -2.48. The Labute approximate surface area is 186 Å². The van der Waals surface area contributed by atoms with Gasteiger partial charge in [-0.05, 0) is 43.0 Å². The van der Waals surface area contributed by atoms with E-state index in [1.165, 1.54) is 17.4 Å². The number of nitrogens with zero attached hydrogens (tertiary/aromatic N) is 3. The number of thiazole rings is 1. The van der Waals surface area contributed by atoms with Crippen molar-refractivity contribution in [2.24, 2.45) is 5.92 Å². The van der Waals surface area contributed by atoms with Crippen LogP contribution in [0.4, 0.5) is 4.39 Å². The molecular weight excluding hydrogens is 417 g/mol. The quantitative estimate of drug-likeness (QED) is 0.674. The summed E-state index contributed by atoms with van der Waals surface area (Å²) < 4.78 is 20.0. The fourth-order valence-electron chi connectivity index (χ4n) is 4.84. The van der Waals surface area contributed by atoms with E-state index < -0.39 is 5.60 Å². The summed E-state index contributed by atoms with van der Waals surface area (Å²) in [6.07, 6.45) is 2.17. The molecule has 1 saturated heterocycles. The van der Waals surface area contributed by atoms with Gasteiger partial charge in [-0.15, -0.1) is 11.3 Å². The molecule has 0 bridgehead atoms. The summed E-state index contributed by atoms with van der Waals surface area (Å²) in [5.41, 5.74) is 4.38. The number of carbonyl (C=O) groups excluding carboxylic acids is 1. The van der Waals surface area contributed by atoms with E-state index in [9.17, 15) is 14.3 Å². The van der Waals surface area contributed by atoms with Crippen molar-refractivity contribution in [3.05, 3.63) is 51.7 Å². The zero-order valence-electron chi connectivity index (χ0n) is 17.9. The van der Waals surface area contributed by atoms with Gasteiger partial charge in [0, 0.05) is 44.5 Å². The van der Waals surface area contributed by atoms with Crippen molar-refractivity contribution in [3.8, 4) is 0 Å². The number of benzene rings is 1. The fourth-order valence-corrected chi connectivity index (χ4v) is 5.41. The molecule has 168 valence electrons. The van der Waals surface area contributed by atoms with Gasteiger partial charge in [0.05, 0.1) is 35.9 Å². The van der Waals surface area contributed by atoms with Gasteiger partial charge in [-0.1, -0.05) is 6.07 Å². The molecule has 1 atom stereocenters. The highest BCUT2D eigenvalue weighted by Crippen LogP contribution is 2.44. The molecule has 1 fully saturated rings. The van der Waals surface area contributed by atoms with Crippen LogP contribution in [0, 0.1) is 11.7 Å². The Morgan fingerprint density at radius 3 is 2.90 bits per heavy atom. The van der Waals surface area contributed by atoms with E-state index in [0.717, 1.165) is 42.8 Å². The normalized spacial score (nSPS) is 18.8. The van der Waals surface area contributed by atoms with Crippen molar-refractivity contribution in [2.75, 3.05) is 39.3 Å². The van der Waals surface area contributed by atoms with E-state index in [4.69, 9.17) is 4.74 Å². The number of likely N-dealkylation sites (N-methyl/N-ethyl adjacent to an activating group) is 1. The first-order valence-corrected chi connectivity index (χ1v) is 11.9. The van der Waals surface area contributed by atoms with Crippen molar-refractivity contribution < 1.29 is 19.0 Å². The standard InChI is InChI=1S/C23H30FN3O3S/c1-2-27(9-10-28)22(29)18(11-20-15-31-16-25-20)13-26-7-5-23(6-8-26)21-12-19(24)4-3-17(21)14-30-23/h3-4,12,15-16,18,28H,2,5-11,13-14H2,1H3. The molecule has 1 unspecified atom stereocenters. The maximum atomic E-state index is 13.9. The molecule has 1 N–H and O–H groups in total. The minimum Gasteiger partial charge on any atom is -0.395 e. The van der Waals surface area contributed by atoms with Gasteiger partial charge in [0.1, 0.15) is 5.82 Å². The third-order valence-corrected chi connectivity index (χ3v) is 7.20. The lowest BCUT2D eigenvalue weighted by molar-refractivity contribution is -0.137. The summed E-state index contributed by atoms with van der Waals surface area (Å²) in [5, 5.41) is 11.3. The first-order valence-electron chi connectivity index (χ1n) is 11.0. The second kappa shape index (κ2) is 9.73. The highest BCUT2D eigenvalue weighted by atomic mass is 32.1. The van der Waals surface area contributed by atoms with Gasteiger partial charge in [-0.3, -0.25) is 4.79 Å². The van der Waals surface area contributed by atoms with Gasteiger partial charge >= 0.3 is 0 Å².